The van der Waals surface area contributed by atoms with Crippen LogP contribution in [0.5, 0.6) is 0 Å². The molecule has 0 bridgehead atoms. The van der Waals surface area contributed by atoms with E-state index in [1.165, 1.54) is 11.1 Å². The second-order valence-electron chi connectivity index (χ2n) is 3.72. The van der Waals surface area contributed by atoms with E-state index in [-0.39, 0.29) is 0 Å². The summed E-state index contributed by atoms with van der Waals surface area (Å²) < 4.78 is 0. The molecule has 1 unspecified atom stereocenters. The Hall–Kier alpha value is -0.820. The third kappa shape index (κ3) is 2.08. The minimum atomic E-state index is 0.395. The summed E-state index contributed by atoms with van der Waals surface area (Å²) in [6.45, 7) is 6.54. The summed E-state index contributed by atoms with van der Waals surface area (Å²) in [5.41, 5.74) is 6.70. The maximum absolute atomic E-state index is 3.98. The highest BCUT2D eigenvalue weighted by molar-refractivity contribution is 5.25. The molecule has 0 aliphatic rings. The Morgan fingerprint density at radius 3 is 1.67 bits per heavy atom. The zero-order chi connectivity index (χ0) is 9.14. The zero-order valence-corrected chi connectivity index (χ0v) is 8.17. The summed E-state index contributed by atoms with van der Waals surface area (Å²) in [5, 5.41) is 0. The number of hydrogen-bond donors (Lipinski definition) is 1. The molecular weight excluding hydrogens is 146 g/mol. The summed E-state index contributed by atoms with van der Waals surface area (Å²) in [4.78, 5) is 0. The van der Waals surface area contributed by atoms with E-state index in [0.29, 0.717) is 12.0 Å². The molecule has 0 aliphatic carbocycles. The molecule has 0 aromatic heterocycles. The van der Waals surface area contributed by atoms with Crippen molar-refractivity contribution in [2.45, 2.75) is 32.7 Å². The van der Waals surface area contributed by atoms with Gasteiger partial charge in [0.1, 0.15) is 6.04 Å². The number of hydrogen-bond acceptors (Lipinski definition) is 0. The SMILES string of the molecule is CC(C)c1ccc(C(C)[NH3+])cc1. The van der Waals surface area contributed by atoms with Crippen molar-refractivity contribution >= 4 is 0 Å². The fraction of sp³-hybridized carbons (Fsp3) is 0.455. The van der Waals surface area contributed by atoms with E-state index in [2.05, 4.69) is 50.8 Å². The van der Waals surface area contributed by atoms with Gasteiger partial charge in [-0.15, -0.1) is 0 Å². The monoisotopic (exact) mass is 164 g/mol. The first-order chi connectivity index (χ1) is 5.61. The Balaban J connectivity index is 2.86. The van der Waals surface area contributed by atoms with E-state index < -0.39 is 0 Å². The van der Waals surface area contributed by atoms with Crippen LogP contribution in [-0.4, -0.2) is 0 Å². The van der Waals surface area contributed by atoms with Crippen LogP contribution in [0.2, 0.25) is 0 Å². The Bertz CT molecular complexity index is 207. The molecule has 1 atom stereocenters. The van der Waals surface area contributed by atoms with E-state index in [9.17, 15) is 0 Å². The lowest BCUT2D eigenvalue weighted by atomic mass is 10.00. The van der Waals surface area contributed by atoms with Crippen LogP contribution in [-0.2, 0) is 0 Å². The molecular formula is C11H18N+. The first kappa shape index (κ1) is 9.27. The van der Waals surface area contributed by atoms with Crippen LogP contribution in [0.3, 0.4) is 0 Å². The van der Waals surface area contributed by atoms with Gasteiger partial charge in [-0.25, -0.2) is 0 Å². The van der Waals surface area contributed by atoms with Gasteiger partial charge >= 0.3 is 0 Å². The van der Waals surface area contributed by atoms with Crippen molar-refractivity contribution in [3.8, 4) is 0 Å². The van der Waals surface area contributed by atoms with E-state index in [1.807, 2.05) is 0 Å². The van der Waals surface area contributed by atoms with Crippen LogP contribution in [0.15, 0.2) is 24.3 Å². The van der Waals surface area contributed by atoms with Gasteiger partial charge in [0.05, 0.1) is 0 Å². The highest BCUT2D eigenvalue weighted by atomic mass is 14.6. The standard InChI is InChI=1S/C11H17N/c1-8(2)10-4-6-11(7-5-10)9(3)12/h4-9H,12H2,1-3H3/p+1. The fourth-order valence-corrected chi connectivity index (χ4v) is 1.21. The van der Waals surface area contributed by atoms with Crippen molar-refractivity contribution in [3.05, 3.63) is 35.4 Å². The van der Waals surface area contributed by atoms with Gasteiger partial charge in [-0.1, -0.05) is 38.1 Å². The highest BCUT2D eigenvalue weighted by Gasteiger charge is 2.03. The molecule has 1 nitrogen and oxygen atoms in total. The summed E-state index contributed by atoms with van der Waals surface area (Å²) in [7, 11) is 0. The van der Waals surface area contributed by atoms with Crippen molar-refractivity contribution in [2.24, 2.45) is 0 Å². The number of quaternary nitrogens is 1. The van der Waals surface area contributed by atoms with Crippen molar-refractivity contribution in [2.75, 3.05) is 0 Å². The predicted octanol–water partition coefficient (Wildman–Crippen LogP) is 2.11. The van der Waals surface area contributed by atoms with E-state index in [4.69, 9.17) is 0 Å². The van der Waals surface area contributed by atoms with Gasteiger partial charge in [-0.05, 0) is 18.4 Å². The Morgan fingerprint density at radius 2 is 1.33 bits per heavy atom. The van der Waals surface area contributed by atoms with Gasteiger partial charge in [-0.3, -0.25) is 0 Å². The first-order valence-corrected chi connectivity index (χ1v) is 4.54. The maximum Gasteiger partial charge on any atom is 0.107 e. The molecule has 3 N–H and O–H groups in total. The van der Waals surface area contributed by atoms with Gasteiger partial charge in [0, 0.05) is 5.56 Å². The van der Waals surface area contributed by atoms with Gasteiger partial charge < -0.3 is 5.73 Å². The molecule has 1 rings (SSSR count). The van der Waals surface area contributed by atoms with E-state index in [1.54, 1.807) is 0 Å². The lowest BCUT2D eigenvalue weighted by Crippen LogP contribution is -2.51. The molecule has 0 amide bonds. The van der Waals surface area contributed by atoms with Crippen molar-refractivity contribution in [1.82, 2.24) is 0 Å². The summed E-state index contributed by atoms with van der Waals surface area (Å²) in [5.74, 6) is 0.624. The number of rotatable bonds is 2. The molecule has 1 aromatic rings. The largest absolute Gasteiger partial charge is 0.352 e. The molecule has 1 heteroatoms. The summed E-state index contributed by atoms with van der Waals surface area (Å²) in [6, 6.07) is 9.13. The normalized spacial score (nSPS) is 13.4. The van der Waals surface area contributed by atoms with Crippen molar-refractivity contribution in [3.63, 3.8) is 0 Å². The van der Waals surface area contributed by atoms with Crippen LogP contribution in [0.1, 0.15) is 43.9 Å². The molecule has 0 spiro atoms. The molecule has 1 aromatic carbocycles. The van der Waals surface area contributed by atoms with Gasteiger partial charge in [0.15, 0.2) is 0 Å². The second-order valence-corrected chi connectivity index (χ2v) is 3.72. The third-order valence-electron chi connectivity index (χ3n) is 2.17. The molecule has 0 fully saturated rings. The van der Waals surface area contributed by atoms with Gasteiger partial charge in [0.2, 0.25) is 0 Å². The maximum atomic E-state index is 3.98. The molecule has 66 valence electrons. The van der Waals surface area contributed by atoms with Crippen molar-refractivity contribution < 1.29 is 5.73 Å². The van der Waals surface area contributed by atoms with Gasteiger partial charge in [-0.2, -0.15) is 0 Å². The Kier molecular flexibility index (Phi) is 2.88. The van der Waals surface area contributed by atoms with Gasteiger partial charge in [0.25, 0.3) is 0 Å². The van der Waals surface area contributed by atoms with Crippen LogP contribution in [0.25, 0.3) is 0 Å². The average Bonchev–Trinajstić information content (AvgIpc) is 2.04. The molecule has 0 aliphatic heterocycles. The molecule has 0 heterocycles. The van der Waals surface area contributed by atoms with Crippen LogP contribution < -0.4 is 5.73 Å². The predicted molar refractivity (Wildman–Crippen MR) is 51.8 cm³/mol. The first-order valence-electron chi connectivity index (χ1n) is 4.54. The van der Waals surface area contributed by atoms with E-state index in [0.717, 1.165) is 0 Å². The van der Waals surface area contributed by atoms with Crippen LogP contribution in [0, 0.1) is 0 Å². The average molecular weight is 164 g/mol. The third-order valence-corrected chi connectivity index (χ3v) is 2.17. The molecule has 0 saturated carbocycles. The van der Waals surface area contributed by atoms with Crippen LogP contribution >= 0.6 is 0 Å². The quantitative estimate of drug-likeness (QED) is 0.693. The lowest BCUT2D eigenvalue weighted by Gasteiger charge is -2.07. The smallest absolute Gasteiger partial charge is 0.107 e. The van der Waals surface area contributed by atoms with E-state index >= 15 is 0 Å². The van der Waals surface area contributed by atoms with Crippen molar-refractivity contribution in [1.29, 1.82) is 0 Å². The second kappa shape index (κ2) is 3.72. The Labute approximate surface area is 74.6 Å². The zero-order valence-electron chi connectivity index (χ0n) is 8.17. The summed E-state index contributed by atoms with van der Waals surface area (Å²) >= 11 is 0. The number of benzene rings is 1. The fourth-order valence-electron chi connectivity index (χ4n) is 1.21. The minimum Gasteiger partial charge on any atom is -0.352 e. The molecule has 0 radical (unpaired) electrons. The minimum absolute atomic E-state index is 0.395. The molecule has 0 saturated heterocycles. The lowest BCUT2D eigenvalue weighted by molar-refractivity contribution is -0.420. The molecule has 12 heavy (non-hydrogen) atoms. The summed E-state index contributed by atoms with van der Waals surface area (Å²) in [6.07, 6.45) is 0. The highest BCUT2D eigenvalue weighted by Crippen LogP contribution is 2.16. The topological polar surface area (TPSA) is 27.6 Å². The Morgan fingerprint density at radius 1 is 0.917 bits per heavy atom. The van der Waals surface area contributed by atoms with Crippen LogP contribution in [0.4, 0.5) is 0 Å².